The summed E-state index contributed by atoms with van der Waals surface area (Å²) in [7, 11) is 0. The van der Waals surface area contributed by atoms with Gasteiger partial charge in [-0.25, -0.2) is 4.58 Å². The molecule has 0 saturated carbocycles. The Hall–Kier alpha value is -5.48. The van der Waals surface area contributed by atoms with E-state index in [0.29, 0.717) is 61.0 Å². The number of nitrogens with one attached hydrogen (secondary N) is 1. The minimum atomic E-state index is -0.827. The number of nitrogens with zero attached hydrogens (tertiary/aromatic N) is 4. The van der Waals surface area contributed by atoms with Gasteiger partial charge in [0.25, 0.3) is 0 Å². The summed E-state index contributed by atoms with van der Waals surface area (Å²) in [6, 6.07) is 40.1. The molecule has 0 radical (unpaired) electrons. The lowest BCUT2D eigenvalue weighted by Gasteiger charge is -2.22. The second-order valence-electron chi connectivity index (χ2n) is 20.7. The highest BCUT2D eigenvalue weighted by Gasteiger charge is 2.27. The fourth-order valence-corrected chi connectivity index (χ4v) is 10.8. The zero-order valence-corrected chi connectivity index (χ0v) is 49.6. The molecule has 0 bridgehead atoms. The van der Waals surface area contributed by atoms with Crippen LogP contribution in [0.5, 0.6) is 0 Å². The Balaban J connectivity index is 1.07. The first-order chi connectivity index (χ1) is 39.9. The Bertz CT molecular complexity index is 3070. The van der Waals surface area contributed by atoms with Crippen LogP contribution in [0, 0.1) is 5.92 Å². The number of aromatic amines is 1. The third-order valence-electron chi connectivity index (χ3n) is 14.2. The molecule has 82 heavy (non-hydrogen) atoms. The maximum Gasteiger partial charge on any atom is 0.187 e. The first-order valence-corrected chi connectivity index (χ1v) is 30.6. The van der Waals surface area contributed by atoms with E-state index in [-0.39, 0.29) is 55.1 Å². The molecule has 0 aliphatic carbocycles. The first kappa shape index (κ1) is 62.6. The van der Waals surface area contributed by atoms with Crippen LogP contribution in [0.1, 0.15) is 97.6 Å². The average molecular weight is 1210 g/mol. The maximum atomic E-state index is 10.9. The summed E-state index contributed by atoms with van der Waals surface area (Å²) in [4.78, 5) is 18.2. The number of H-pyrrole nitrogens is 1. The molecule has 432 valence electrons. The molecule has 2 aliphatic heterocycles. The molecule has 3 heterocycles. The highest BCUT2D eigenvalue weighted by molar-refractivity contribution is 6.19. The number of benzene rings is 5. The second-order valence-corrected chi connectivity index (χ2v) is 22.2. The van der Waals surface area contributed by atoms with Gasteiger partial charge in [0.15, 0.2) is 17.2 Å². The SMILES string of the molecule is OC(CCl)CC(CC=CCC(c1ccc2[nH]cc(C3=C(c4ccccc4)OCCO3)c2c1)=[N+]1CCCCC1)=Nc1ccc([C+](c2ccc(N=C(CC(O)CCl)CC(O)CCl)cc2)c2ccc(N=C(CC(O)CCl)CC(O)CCl)cc2)cc1. The molecule has 0 spiro atoms. The molecule has 1 aromatic heterocycles. The number of fused-ring (bicyclic) bond motifs is 1. The molecular weight excluding hydrogens is 1140 g/mol. The molecule has 1 saturated heterocycles. The van der Waals surface area contributed by atoms with Gasteiger partial charge in [-0.15, -0.1) is 58.0 Å². The smallest absolute Gasteiger partial charge is 0.187 e. The molecule has 6 N–H and O–H groups in total. The van der Waals surface area contributed by atoms with Crippen molar-refractivity contribution in [2.24, 2.45) is 15.0 Å². The van der Waals surface area contributed by atoms with Crippen LogP contribution in [0.2, 0.25) is 0 Å². The minimum Gasteiger partial charge on any atom is -0.485 e. The van der Waals surface area contributed by atoms with Crippen molar-refractivity contribution in [3.63, 3.8) is 0 Å². The van der Waals surface area contributed by atoms with Crippen molar-refractivity contribution in [2.45, 2.75) is 94.7 Å². The van der Waals surface area contributed by atoms with Crippen molar-refractivity contribution in [3.05, 3.63) is 179 Å². The van der Waals surface area contributed by atoms with Crippen LogP contribution in [0.15, 0.2) is 155 Å². The fraction of sp³-hybridized carbons (Fsp3) is 0.369. The van der Waals surface area contributed by atoms with Gasteiger partial charge in [-0.2, -0.15) is 0 Å². The molecule has 12 nitrogen and oxygen atoms in total. The van der Waals surface area contributed by atoms with Crippen LogP contribution in [0.3, 0.4) is 0 Å². The van der Waals surface area contributed by atoms with Crippen molar-refractivity contribution in [1.29, 1.82) is 0 Å². The monoisotopic (exact) mass is 1210 g/mol. The standard InChI is InChI=1S/C65H71Cl5N5O7/c66-37-54(76)32-51(11-5-6-12-62(75-27-7-2-8-28-75)47-19-26-61-59(31-47)60(42-71-61)65-64(81-29-30-82-65)46-9-3-1-4-10-46)72-48-20-13-43(14-21-48)63(44-15-22-49(23-16-44)73-52(33-55(77)38-67)34-56(78)39-68)45-17-24-50(25-18-45)74-53(35-57(79)40-69)36-58(80)41-70/h1,3-6,9-10,13-26,31,42,54-58,76-80H,2,7-8,11-12,27-30,32-41H2/q+1/p+1. The number of ether oxygens (including phenoxy) is 2. The fourth-order valence-electron chi connectivity index (χ4n) is 10.2. The highest BCUT2D eigenvalue weighted by atomic mass is 35.5. The van der Waals surface area contributed by atoms with E-state index in [9.17, 15) is 25.5 Å². The van der Waals surface area contributed by atoms with E-state index >= 15 is 0 Å². The number of piperidine rings is 1. The summed E-state index contributed by atoms with van der Waals surface area (Å²) < 4.78 is 15.1. The topological polar surface area (TPSA) is 175 Å². The van der Waals surface area contributed by atoms with E-state index < -0.39 is 30.5 Å². The van der Waals surface area contributed by atoms with E-state index in [4.69, 9.17) is 82.5 Å². The molecule has 5 unspecified atom stereocenters. The maximum absolute atomic E-state index is 10.9. The minimum absolute atomic E-state index is 0.0265. The Morgan fingerprint density at radius 1 is 0.524 bits per heavy atom. The Labute approximate surface area is 506 Å². The lowest BCUT2D eigenvalue weighted by atomic mass is 9.85. The van der Waals surface area contributed by atoms with Gasteiger partial charge >= 0.3 is 0 Å². The van der Waals surface area contributed by atoms with Gasteiger partial charge in [-0.05, 0) is 97.4 Å². The van der Waals surface area contributed by atoms with Gasteiger partial charge in [-0.1, -0.05) is 42.5 Å². The number of halogens is 5. The molecule has 17 heteroatoms. The summed E-state index contributed by atoms with van der Waals surface area (Å²) in [5.74, 6) is 2.56. The molecule has 2 aliphatic rings. The number of allylic oxidation sites excluding steroid dienone is 2. The van der Waals surface area contributed by atoms with E-state index in [0.717, 1.165) is 93.4 Å². The van der Waals surface area contributed by atoms with E-state index in [1.54, 1.807) is 0 Å². The van der Waals surface area contributed by atoms with Gasteiger partial charge in [0, 0.05) is 132 Å². The number of aromatic nitrogens is 1. The summed E-state index contributed by atoms with van der Waals surface area (Å²) in [5.41, 5.74) is 11.9. The normalized spacial score (nSPS) is 15.8. The lowest BCUT2D eigenvalue weighted by Crippen LogP contribution is -2.27. The third-order valence-corrected chi connectivity index (χ3v) is 16.0. The lowest BCUT2D eigenvalue weighted by molar-refractivity contribution is -0.537. The summed E-state index contributed by atoms with van der Waals surface area (Å²) in [5, 5.41) is 53.4. The van der Waals surface area contributed by atoms with Crippen LogP contribution >= 0.6 is 58.0 Å². The van der Waals surface area contributed by atoms with Gasteiger partial charge in [0.1, 0.15) is 26.3 Å². The van der Waals surface area contributed by atoms with E-state index in [1.807, 2.05) is 109 Å². The van der Waals surface area contributed by atoms with Gasteiger partial charge < -0.3 is 40.0 Å². The van der Waals surface area contributed by atoms with Crippen LogP contribution < -0.4 is 0 Å². The van der Waals surface area contributed by atoms with Crippen LogP contribution in [-0.4, -0.2) is 144 Å². The zero-order chi connectivity index (χ0) is 57.8. The predicted octanol–water partition coefficient (Wildman–Crippen LogP) is 13.2. The van der Waals surface area contributed by atoms with Crippen LogP contribution in [-0.2, 0) is 9.47 Å². The largest absolute Gasteiger partial charge is 0.485 e. The third kappa shape index (κ3) is 17.8. The molecule has 6 aromatic rings. The number of aliphatic imine (C=N–C) groups is 3. The molecule has 5 aromatic carbocycles. The Kier molecular flexibility index (Phi) is 24.4. The summed E-state index contributed by atoms with van der Waals surface area (Å²) in [6.45, 7) is 2.92. The van der Waals surface area contributed by atoms with E-state index in [1.165, 1.54) is 12.1 Å². The number of rotatable bonds is 28. The van der Waals surface area contributed by atoms with E-state index in [2.05, 4.69) is 39.9 Å². The number of alkyl halides is 5. The molecular formula is C65H72Cl5N5O7+2. The Morgan fingerprint density at radius 2 is 0.963 bits per heavy atom. The van der Waals surface area contributed by atoms with Gasteiger partial charge in [0.05, 0.1) is 76.6 Å². The second kappa shape index (κ2) is 32.0. The van der Waals surface area contributed by atoms with Crippen molar-refractivity contribution in [2.75, 3.05) is 55.7 Å². The summed E-state index contributed by atoms with van der Waals surface area (Å²) in [6.07, 6.45) is 8.02. The quantitative estimate of drug-likeness (QED) is 0.00708. The number of aliphatic hydroxyl groups excluding tert-OH is 5. The van der Waals surface area contributed by atoms with Crippen molar-refractivity contribution >= 4 is 120 Å². The van der Waals surface area contributed by atoms with Crippen molar-refractivity contribution in [3.8, 4) is 0 Å². The van der Waals surface area contributed by atoms with Gasteiger partial charge in [-0.3, -0.25) is 15.0 Å². The average Bonchev–Trinajstić information content (AvgIpc) is 4.02. The van der Waals surface area contributed by atoms with Crippen LogP contribution in [0.4, 0.5) is 17.1 Å². The molecule has 1 fully saturated rings. The predicted molar refractivity (Wildman–Crippen MR) is 338 cm³/mol. The molecule has 8 rings (SSSR count). The number of hydrogen-bond acceptors (Lipinski definition) is 10. The highest BCUT2D eigenvalue weighted by Crippen LogP contribution is 2.37. The number of hydrogen-bond donors (Lipinski definition) is 6. The molecule has 5 atom stereocenters. The molecule has 0 amide bonds. The Morgan fingerprint density at radius 3 is 1.44 bits per heavy atom. The van der Waals surface area contributed by atoms with Gasteiger partial charge in [0.2, 0.25) is 0 Å². The van der Waals surface area contributed by atoms with Crippen molar-refractivity contribution in [1.82, 2.24) is 4.98 Å². The zero-order valence-electron chi connectivity index (χ0n) is 45.8. The van der Waals surface area contributed by atoms with Crippen LogP contribution in [0.25, 0.3) is 22.4 Å². The number of aliphatic hydroxyl groups is 5. The van der Waals surface area contributed by atoms with Crippen molar-refractivity contribution < 1.29 is 39.6 Å². The first-order valence-electron chi connectivity index (χ1n) is 28.0. The summed E-state index contributed by atoms with van der Waals surface area (Å²) >= 11 is 30.0.